The quantitative estimate of drug-likeness (QED) is 0.458. The van der Waals surface area contributed by atoms with Crippen LogP contribution in [0.3, 0.4) is 0 Å². The number of carbonyl (C=O) groups excluding carboxylic acids is 1. The van der Waals surface area contributed by atoms with Gasteiger partial charge in [0.25, 0.3) is 0 Å². The summed E-state index contributed by atoms with van der Waals surface area (Å²) in [6.45, 7) is 4.93. The van der Waals surface area contributed by atoms with Crippen LogP contribution in [0.25, 0.3) is 0 Å². The zero-order chi connectivity index (χ0) is 27.4. The molecule has 9 heteroatoms. The van der Waals surface area contributed by atoms with Crippen molar-refractivity contribution in [2.75, 3.05) is 50.1 Å². The highest BCUT2D eigenvalue weighted by molar-refractivity contribution is 5.79. The van der Waals surface area contributed by atoms with Crippen LogP contribution < -0.4 is 15.0 Å². The molecule has 3 aromatic rings. The van der Waals surface area contributed by atoms with E-state index in [1.807, 2.05) is 43.1 Å². The summed E-state index contributed by atoms with van der Waals surface area (Å²) in [5.74, 6) is -0.367. The van der Waals surface area contributed by atoms with Gasteiger partial charge >= 0.3 is 0 Å². The SMILES string of the molecule is CNc1ccnc(N2CCC(C(=O)N3CC[C@H](COc4ccc(C)cn4)[C@@H](c4ccc(F)c(F)c4)C3)CC2)c1. The van der Waals surface area contributed by atoms with Gasteiger partial charge in [0, 0.05) is 81.2 Å². The first-order valence-corrected chi connectivity index (χ1v) is 13.6. The Morgan fingerprint density at radius 3 is 2.56 bits per heavy atom. The van der Waals surface area contributed by atoms with E-state index in [1.165, 1.54) is 6.07 Å². The smallest absolute Gasteiger partial charge is 0.225 e. The number of carbonyl (C=O) groups is 1. The van der Waals surface area contributed by atoms with Gasteiger partial charge in [-0.05, 0) is 55.5 Å². The molecular formula is C30H35F2N5O2. The minimum absolute atomic E-state index is 0.0365. The molecule has 1 amide bonds. The van der Waals surface area contributed by atoms with Gasteiger partial charge in [0.2, 0.25) is 11.8 Å². The molecule has 4 heterocycles. The van der Waals surface area contributed by atoms with Gasteiger partial charge in [0.15, 0.2) is 11.6 Å². The van der Waals surface area contributed by atoms with E-state index in [2.05, 4.69) is 20.2 Å². The molecule has 5 rings (SSSR count). The maximum Gasteiger partial charge on any atom is 0.225 e. The molecule has 39 heavy (non-hydrogen) atoms. The summed E-state index contributed by atoms with van der Waals surface area (Å²) >= 11 is 0. The Morgan fingerprint density at radius 1 is 1.03 bits per heavy atom. The zero-order valence-corrected chi connectivity index (χ0v) is 22.4. The maximum atomic E-state index is 14.2. The average molecular weight is 536 g/mol. The van der Waals surface area contributed by atoms with Crippen LogP contribution in [0.2, 0.25) is 0 Å². The molecule has 2 fully saturated rings. The van der Waals surface area contributed by atoms with Crippen molar-refractivity contribution in [2.24, 2.45) is 11.8 Å². The van der Waals surface area contributed by atoms with Crippen LogP contribution in [0.15, 0.2) is 54.9 Å². The van der Waals surface area contributed by atoms with Crippen molar-refractivity contribution in [3.05, 3.63) is 77.6 Å². The molecule has 2 aromatic heterocycles. The summed E-state index contributed by atoms with van der Waals surface area (Å²) in [5.41, 5.74) is 2.73. The predicted molar refractivity (Wildman–Crippen MR) is 147 cm³/mol. The number of amides is 1. The first-order chi connectivity index (χ1) is 18.9. The third-order valence-corrected chi connectivity index (χ3v) is 7.97. The molecule has 0 bridgehead atoms. The van der Waals surface area contributed by atoms with E-state index in [0.717, 1.165) is 49.1 Å². The number of aromatic nitrogens is 2. The van der Waals surface area contributed by atoms with Gasteiger partial charge in [-0.15, -0.1) is 0 Å². The number of halogens is 2. The van der Waals surface area contributed by atoms with Gasteiger partial charge in [0.1, 0.15) is 5.82 Å². The third kappa shape index (κ3) is 6.29. The fraction of sp³-hybridized carbons (Fsp3) is 0.433. The molecule has 0 saturated carbocycles. The number of benzene rings is 1. The number of piperidine rings is 2. The van der Waals surface area contributed by atoms with Crippen molar-refractivity contribution >= 4 is 17.4 Å². The molecule has 2 atom stereocenters. The second-order valence-electron chi connectivity index (χ2n) is 10.5. The van der Waals surface area contributed by atoms with Crippen LogP contribution >= 0.6 is 0 Å². The highest BCUT2D eigenvalue weighted by atomic mass is 19.2. The van der Waals surface area contributed by atoms with Crippen LogP contribution in [0.1, 0.15) is 36.3 Å². The standard InChI is InChI=1S/C30H35F2N5O2/c1-20-3-6-29(35-17-20)39-19-23-10-14-37(18-25(23)22-4-5-26(31)27(32)15-22)30(38)21-8-12-36(13-9-21)28-16-24(33-2)7-11-34-28/h3-7,11,15-17,21,23,25H,8-10,12-14,18-19H2,1-2H3,(H,33,34)/t23-,25-/m1/s1. The molecule has 2 aliphatic rings. The second kappa shape index (κ2) is 12.0. The Kier molecular flexibility index (Phi) is 8.24. The Labute approximate surface area is 228 Å². The Morgan fingerprint density at radius 2 is 1.85 bits per heavy atom. The van der Waals surface area contributed by atoms with Crippen molar-refractivity contribution in [3.8, 4) is 5.88 Å². The predicted octanol–water partition coefficient (Wildman–Crippen LogP) is 5.03. The van der Waals surface area contributed by atoms with E-state index in [-0.39, 0.29) is 23.7 Å². The highest BCUT2D eigenvalue weighted by Gasteiger charge is 2.36. The van der Waals surface area contributed by atoms with E-state index in [0.29, 0.717) is 37.6 Å². The van der Waals surface area contributed by atoms with Crippen molar-refractivity contribution in [1.29, 1.82) is 0 Å². The third-order valence-electron chi connectivity index (χ3n) is 7.97. The summed E-state index contributed by atoms with van der Waals surface area (Å²) in [6, 6.07) is 11.8. The summed E-state index contributed by atoms with van der Waals surface area (Å²) in [7, 11) is 1.88. The number of hydrogen-bond donors (Lipinski definition) is 1. The van der Waals surface area contributed by atoms with E-state index in [1.54, 1.807) is 18.5 Å². The number of pyridine rings is 2. The summed E-state index contributed by atoms with van der Waals surface area (Å²) in [6.07, 6.45) is 5.76. The maximum absolute atomic E-state index is 14.2. The molecule has 206 valence electrons. The molecule has 2 saturated heterocycles. The van der Waals surface area contributed by atoms with E-state index < -0.39 is 11.6 Å². The molecular weight excluding hydrogens is 500 g/mol. The van der Waals surface area contributed by atoms with Gasteiger partial charge in [-0.25, -0.2) is 18.7 Å². The normalized spacial score (nSPS) is 20.1. The number of aryl methyl sites for hydroxylation is 1. The molecule has 0 aliphatic carbocycles. The van der Waals surface area contributed by atoms with E-state index >= 15 is 0 Å². The van der Waals surface area contributed by atoms with Crippen molar-refractivity contribution in [3.63, 3.8) is 0 Å². The minimum Gasteiger partial charge on any atom is -0.477 e. The molecule has 2 aliphatic heterocycles. The number of nitrogens with one attached hydrogen (secondary N) is 1. The number of hydrogen-bond acceptors (Lipinski definition) is 6. The molecule has 0 spiro atoms. The zero-order valence-electron chi connectivity index (χ0n) is 22.4. The van der Waals surface area contributed by atoms with Gasteiger partial charge in [-0.2, -0.15) is 0 Å². The molecule has 0 unspecified atom stereocenters. The average Bonchev–Trinajstić information content (AvgIpc) is 2.98. The Balaban J connectivity index is 1.25. The first-order valence-electron chi connectivity index (χ1n) is 13.6. The van der Waals surface area contributed by atoms with E-state index in [4.69, 9.17) is 4.74 Å². The monoisotopic (exact) mass is 535 g/mol. The van der Waals surface area contributed by atoms with Gasteiger partial charge in [-0.1, -0.05) is 12.1 Å². The van der Waals surface area contributed by atoms with Crippen molar-refractivity contribution in [2.45, 2.75) is 32.1 Å². The number of likely N-dealkylation sites (tertiary alicyclic amines) is 1. The van der Waals surface area contributed by atoms with Crippen LogP contribution in [0.5, 0.6) is 5.88 Å². The van der Waals surface area contributed by atoms with Crippen molar-refractivity contribution < 1.29 is 18.3 Å². The van der Waals surface area contributed by atoms with Gasteiger partial charge < -0.3 is 19.9 Å². The number of nitrogens with zero attached hydrogens (tertiary/aromatic N) is 4. The van der Waals surface area contributed by atoms with E-state index in [9.17, 15) is 13.6 Å². The molecule has 1 N–H and O–H groups in total. The molecule has 7 nitrogen and oxygen atoms in total. The lowest BCUT2D eigenvalue weighted by Crippen LogP contribution is -2.48. The molecule has 0 radical (unpaired) electrons. The summed E-state index contributed by atoms with van der Waals surface area (Å²) < 4.78 is 33.9. The highest BCUT2D eigenvalue weighted by Crippen LogP contribution is 2.35. The summed E-state index contributed by atoms with van der Waals surface area (Å²) in [4.78, 5) is 26.6. The lowest BCUT2D eigenvalue weighted by molar-refractivity contribution is -0.138. The fourth-order valence-electron chi connectivity index (χ4n) is 5.61. The largest absolute Gasteiger partial charge is 0.477 e. The first kappa shape index (κ1) is 26.8. The van der Waals surface area contributed by atoms with Crippen LogP contribution in [0, 0.1) is 30.4 Å². The fourth-order valence-corrected chi connectivity index (χ4v) is 5.61. The molecule has 1 aromatic carbocycles. The second-order valence-corrected chi connectivity index (χ2v) is 10.5. The topological polar surface area (TPSA) is 70.6 Å². The van der Waals surface area contributed by atoms with Gasteiger partial charge in [0.05, 0.1) is 6.61 Å². The van der Waals surface area contributed by atoms with Crippen LogP contribution in [-0.4, -0.2) is 60.6 Å². The Hall–Kier alpha value is -3.75. The van der Waals surface area contributed by atoms with Gasteiger partial charge in [-0.3, -0.25) is 4.79 Å². The van der Waals surface area contributed by atoms with Crippen LogP contribution in [-0.2, 0) is 4.79 Å². The van der Waals surface area contributed by atoms with Crippen LogP contribution in [0.4, 0.5) is 20.3 Å². The number of rotatable bonds is 7. The minimum atomic E-state index is -0.876. The van der Waals surface area contributed by atoms with Crippen molar-refractivity contribution in [1.82, 2.24) is 14.9 Å². The lowest BCUT2D eigenvalue weighted by Gasteiger charge is -2.41. The number of ether oxygens (including phenoxy) is 1. The number of anilines is 2. The summed E-state index contributed by atoms with van der Waals surface area (Å²) in [5, 5.41) is 3.14. The Bertz CT molecular complexity index is 1280. The lowest BCUT2D eigenvalue weighted by atomic mass is 9.80.